The highest BCUT2D eigenvalue weighted by molar-refractivity contribution is 6.12. The maximum absolute atomic E-state index is 13.9. The average molecular weight is 186 g/mol. The summed E-state index contributed by atoms with van der Waals surface area (Å²) in [7, 11) is 1.49. The monoisotopic (exact) mass is 186 g/mol. The second-order valence-electron chi connectivity index (χ2n) is 3.12. The predicted molar refractivity (Wildman–Crippen MR) is 47.8 cm³/mol. The Morgan fingerprint density at radius 3 is 2.77 bits per heavy atom. The van der Waals surface area contributed by atoms with Crippen LogP contribution in [-0.4, -0.2) is 48.5 Å². The molecule has 1 fully saturated rings. The van der Waals surface area contributed by atoms with Gasteiger partial charge >= 0.3 is 0 Å². The van der Waals surface area contributed by atoms with Crippen LogP contribution in [0.5, 0.6) is 0 Å². The Morgan fingerprint density at radius 2 is 2.38 bits per heavy atom. The highest BCUT2D eigenvalue weighted by Crippen LogP contribution is 2.34. The van der Waals surface area contributed by atoms with Crippen LogP contribution in [0.2, 0.25) is 0 Å². The molecule has 5 heteroatoms. The fraction of sp³-hybridized carbons (Fsp3) is 0.625. The Hall–Kier alpha value is -0.605. The number of ether oxygens (including phenoxy) is 1. The van der Waals surface area contributed by atoms with Crippen molar-refractivity contribution in [2.24, 2.45) is 0 Å². The summed E-state index contributed by atoms with van der Waals surface area (Å²) in [5.74, 6) is 0. The summed E-state index contributed by atoms with van der Waals surface area (Å²) < 4.78 is 18.9. The van der Waals surface area contributed by atoms with Crippen molar-refractivity contribution in [1.82, 2.24) is 0 Å². The van der Waals surface area contributed by atoms with E-state index in [0.29, 0.717) is 0 Å². The maximum atomic E-state index is 13.9. The van der Waals surface area contributed by atoms with Gasteiger partial charge in [0, 0.05) is 0 Å². The van der Waals surface area contributed by atoms with Crippen molar-refractivity contribution in [3.63, 3.8) is 0 Å². The number of hydrogen-bond donors (Lipinski definition) is 2. The van der Waals surface area contributed by atoms with Gasteiger partial charge in [-0.05, 0) is 6.08 Å². The zero-order chi connectivity index (χ0) is 10.1. The summed E-state index contributed by atoms with van der Waals surface area (Å²) in [5.41, 5.74) is 0.293. The topological polar surface area (TPSA) is 49.7 Å². The molecule has 0 radical (unpaired) electrons. The minimum absolute atomic E-state index is 0.401. The molecule has 1 unspecified atom stereocenters. The second-order valence-corrected chi connectivity index (χ2v) is 3.12. The molecule has 0 saturated carbocycles. The van der Waals surface area contributed by atoms with Gasteiger partial charge in [0.25, 0.3) is 0 Å². The number of aliphatic hydroxyl groups is 2. The number of alkyl halides is 1. The fourth-order valence-corrected chi connectivity index (χ4v) is 1.47. The van der Waals surface area contributed by atoms with Gasteiger partial charge in [0.2, 0.25) is 0 Å². The molecule has 1 aliphatic heterocycles. The third kappa shape index (κ3) is 1.56. The second kappa shape index (κ2) is 3.64. The Bertz CT molecular complexity index is 242. The van der Waals surface area contributed by atoms with Crippen LogP contribution in [0.25, 0.3) is 0 Å². The Balaban J connectivity index is 2.91. The van der Waals surface area contributed by atoms with E-state index in [1.165, 1.54) is 7.85 Å². The highest BCUT2D eigenvalue weighted by Gasteiger charge is 2.53. The standard InChI is InChI=1S/C8H12BFO3/c1-2-3-8(10)6(12)5(4-11)13-7(8)9/h3,5-7,11-12H,1,4,9H2/t5-,6+,7-,8?/m1/s1. The van der Waals surface area contributed by atoms with E-state index in [4.69, 9.17) is 9.84 Å². The van der Waals surface area contributed by atoms with Crippen LogP contribution < -0.4 is 0 Å². The molecule has 4 atom stereocenters. The van der Waals surface area contributed by atoms with E-state index < -0.39 is 30.5 Å². The third-order valence-electron chi connectivity index (χ3n) is 2.31. The third-order valence-corrected chi connectivity index (χ3v) is 2.31. The minimum Gasteiger partial charge on any atom is -0.394 e. The van der Waals surface area contributed by atoms with Crippen molar-refractivity contribution in [1.29, 1.82) is 0 Å². The molecule has 0 bridgehead atoms. The molecule has 1 aliphatic rings. The minimum atomic E-state index is -1.99. The largest absolute Gasteiger partial charge is 0.394 e. The molecule has 0 spiro atoms. The number of rotatable bonds is 2. The van der Waals surface area contributed by atoms with Crippen molar-refractivity contribution in [2.75, 3.05) is 6.61 Å². The smallest absolute Gasteiger partial charge is 0.182 e. The van der Waals surface area contributed by atoms with Gasteiger partial charge in [-0.15, -0.1) is 5.73 Å². The van der Waals surface area contributed by atoms with E-state index in [2.05, 4.69) is 12.3 Å². The molecule has 1 heterocycles. The van der Waals surface area contributed by atoms with Gasteiger partial charge in [-0.3, -0.25) is 0 Å². The first-order valence-electron chi connectivity index (χ1n) is 4.06. The van der Waals surface area contributed by atoms with E-state index in [9.17, 15) is 9.50 Å². The lowest BCUT2D eigenvalue weighted by Gasteiger charge is -2.21. The summed E-state index contributed by atoms with van der Waals surface area (Å²) in [6.07, 6.45) is -1.19. The summed E-state index contributed by atoms with van der Waals surface area (Å²) >= 11 is 0. The van der Waals surface area contributed by atoms with Crippen LogP contribution in [0.1, 0.15) is 0 Å². The Morgan fingerprint density at radius 1 is 1.77 bits per heavy atom. The quantitative estimate of drug-likeness (QED) is 0.418. The molecule has 0 aromatic rings. The molecule has 2 N–H and O–H groups in total. The summed E-state index contributed by atoms with van der Waals surface area (Å²) in [6.45, 7) is 2.84. The van der Waals surface area contributed by atoms with Gasteiger partial charge < -0.3 is 14.9 Å². The van der Waals surface area contributed by atoms with Gasteiger partial charge in [0.1, 0.15) is 20.1 Å². The molecule has 3 nitrogen and oxygen atoms in total. The lowest BCUT2D eigenvalue weighted by atomic mass is 9.82. The van der Waals surface area contributed by atoms with Crippen LogP contribution in [0.3, 0.4) is 0 Å². The molecule has 13 heavy (non-hydrogen) atoms. The van der Waals surface area contributed by atoms with E-state index in [1.807, 2.05) is 0 Å². The predicted octanol–water partition coefficient (Wildman–Crippen LogP) is -1.25. The van der Waals surface area contributed by atoms with Crippen LogP contribution >= 0.6 is 0 Å². The molecular formula is C8H12BFO3. The molecule has 0 aromatic heterocycles. The lowest BCUT2D eigenvalue weighted by Crippen LogP contribution is -2.43. The summed E-state index contributed by atoms with van der Waals surface area (Å²) in [4.78, 5) is 0. The van der Waals surface area contributed by atoms with Crippen LogP contribution in [0.4, 0.5) is 4.39 Å². The number of aliphatic hydroxyl groups excluding tert-OH is 2. The van der Waals surface area contributed by atoms with Gasteiger partial charge in [-0.1, -0.05) is 6.58 Å². The van der Waals surface area contributed by atoms with Crippen LogP contribution in [0, 0.1) is 0 Å². The van der Waals surface area contributed by atoms with Crippen LogP contribution in [0.15, 0.2) is 18.4 Å². The van der Waals surface area contributed by atoms with Crippen molar-refractivity contribution >= 4 is 7.85 Å². The van der Waals surface area contributed by atoms with Crippen molar-refractivity contribution in [3.05, 3.63) is 18.4 Å². The van der Waals surface area contributed by atoms with Gasteiger partial charge in [-0.25, -0.2) is 4.39 Å². The first-order valence-corrected chi connectivity index (χ1v) is 4.06. The van der Waals surface area contributed by atoms with Crippen molar-refractivity contribution in [3.8, 4) is 0 Å². The first kappa shape index (κ1) is 10.5. The first-order chi connectivity index (χ1) is 6.06. The average Bonchev–Trinajstić information content (AvgIpc) is 2.31. The summed E-state index contributed by atoms with van der Waals surface area (Å²) in [6, 6.07) is -0.797. The van der Waals surface area contributed by atoms with E-state index in [-0.39, 0.29) is 0 Å². The van der Waals surface area contributed by atoms with Gasteiger partial charge in [-0.2, -0.15) is 0 Å². The van der Waals surface area contributed by atoms with Crippen LogP contribution in [-0.2, 0) is 4.74 Å². The zero-order valence-corrected chi connectivity index (χ0v) is 7.40. The molecule has 72 valence electrons. The van der Waals surface area contributed by atoms with Crippen molar-refractivity contribution < 1.29 is 19.3 Å². The van der Waals surface area contributed by atoms with Gasteiger partial charge in [0.15, 0.2) is 5.67 Å². The van der Waals surface area contributed by atoms with E-state index in [1.54, 1.807) is 0 Å². The molecule has 1 rings (SSSR count). The molecule has 0 aliphatic carbocycles. The fourth-order valence-electron chi connectivity index (χ4n) is 1.47. The van der Waals surface area contributed by atoms with Crippen molar-refractivity contribution in [2.45, 2.75) is 23.9 Å². The Labute approximate surface area is 76.9 Å². The summed E-state index contributed by atoms with van der Waals surface area (Å²) in [5, 5.41) is 18.2. The maximum Gasteiger partial charge on any atom is 0.182 e. The van der Waals surface area contributed by atoms with E-state index in [0.717, 1.165) is 6.08 Å². The number of halogens is 1. The van der Waals surface area contributed by atoms with E-state index >= 15 is 0 Å². The SMILES string of the molecule is B[C@@H]1O[C@H](CO)[C@H](O)C1(F)C=C=C. The normalized spacial score (nSPS) is 44.4. The number of hydrogen-bond acceptors (Lipinski definition) is 3. The Kier molecular flexibility index (Phi) is 2.93. The molecule has 0 amide bonds. The zero-order valence-electron chi connectivity index (χ0n) is 7.40. The highest BCUT2D eigenvalue weighted by atomic mass is 19.1. The molecule has 1 saturated heterocycles. The lowest BCUT2D eigenvalue weighted by molar-refractivity contribution is -0.00855. The molecule has 0 aromatic carbocycles. The van der Waals surface area contributed by atoms with Gasteiger partial charge in [0.05, 0.1) is 12.6 Å². The molecular weight excluding hydrogens is 174 g/mol.